The number of hydrogen-bond acceptors (Lipinski definition) is 4. The highest BCUT2D eigenvalue weighted by Gasteiger charge is 2.26. The number of carbonyl (C=O) groups is 1. The van der Waals surface area contributed by atoms with Crippen molar-refractivity contribution in [1.29, 1.82) is 0 Å². The van der Waals surface area contributed by atoms with Gasteiger partial charge in [0.05, 0.1) is 11.1 Å². The molecule has 0 saturated carbocycles. The van der Waals surface area contributed by atoms with Crippen LogP contribution in [0.2, 0.25) is 0 Å². The van der Waals surface area contributed by atoms with Crippen LogP contribution in [0, 0.1) is 6.92 Å². The van der Waals surface area contributed by atoms with Crippen molar-refractivity contribution in [2.24, 2.45) is 0 Å². The maximum absolute atomic E-state index is 12.5. The van der Waals surface area contributed by atoms with E-state index in [9.17, 15) is 4.79 Å². The Bertz CT molecular complexity index is 845. The maximum atomic E-state index is 12.5. The predicted octanol–water partition coefficient (Wildman–Crippen LogP) is 3.12. The van der Waals surface area contributed by atoms with Gasteiger partial charge in [-0.05, 0) is 38.0 Å². The average molecular weight is 326 g/mol. The van der Waals surface area contributed by atoms with E-state index in [0.29, 0.717) is 5.92 Å². The van der Waals surface area contributed by atoms with Gasteiger partial charge in [0.1, 0.15) is 0 Å². The summed E-state index contributed by atoms with van der Waals surface area (Å²) < 4.78 is 1.92. The number of nitrogens with zero attached hydrogens (tertiary/aromatic N) is 4. The van der Waals surface area contributed by atoms with Crippen molar-refractivity contribution < 1.29 is 4.79 Å². The van der Waals surface area contributed by atoms with Gasteiger partial charge in [0, 0.05) is 41.8 Å². The van der Waals surface area contributed by atoms with Crippen LogP contribution in [-0.2, 0) is 0 Å². The monoisotopic (exact) mass is 326 g/mol. The van der Waals surface area contributed by atoms with Gasteiger partial charge in [-0.25, -0.2) is 9.50 Å². The molecule has 1 fully saturated rings. The van der Waals surface area contributed by atoms with Gasteiger partial charge in [0.15, 0.2) is 5.65 Å². The Hall–Kier alpha value is -2.21. The van der Waals surface area contributed by atoms with Crippen LogP contribution < -0.4 is 0 Å². The van der Waals surface area contributed by atoms with E-state index in [0.717, 1.165) is 36.5 Å². The van der Waals surface area contributed by atoms with E-state index < -0.39 is 0 Å². The van der Waals surface area contributed by atoms with Gasteiger partial charge in [-0.15, -0.1) is 11.3 Å². The van der Waals surface area contributed by atoms with E-state index in [-0.39, 0.29) is 5.91 Å². The number of likely N-dealkylation sites (tertiary alicyclic amines) is 1. The molecule has 0 radical (unpaired) electrons. The van der Waals surface area contributed by atoms with E-state index in [4.69, 9.17) is 0 Å². The van der Waals surface area contributed by atoms with Crippen LogP contribution >= 0.6 is 11.3 Å². The topological polar surface area (TPSA) is 50.5 Å². The molecule has 4 rings (SSSR count). The summed E-state index contributed by atoms with van der Waals surface area (Å²) in [6, 6.07) is 7.91. The van der Waals surface area contributed by atoms with E-state index in [2.05, 4.69) is 10.1 Å². The highest BCUT2D eigenvalue weighted by atomic mass is 32.1. The van der Waals surface area contributed by atoms with Crippen molar-refractivity contribution >= 4 is 22.9 Å². The number of carbonyl (C=O) groups excluding carboxylic acids is 1. The number of thiophene rings is 1. The smallest absolute Gasteiger partial charge is 0.263 e. The van der Waals surface area contributed by atoms with Crippen molar-refractivity contribution in [3.8, 4) is 0 Å². The molecule has 0 unspecified atom stereocenters. The quantitative estimate of drug-likeness (QED) is 0.727. The molecule has 5 nitrogen and oxygen atoms in total. The molecule has 4 heterocycles. The molecule has 0 aromatic carbocycles. The minimum absolute atomic E-state index is 0.167. The molecular weight excluding hydrogens is 308 g/mol. The molecule has 0 aliphatic carbocycles. The fourth-order valence-corrected chi connectivity index (χ4v) is 4.08. The number of piperidine rings is 1. The molecule has 0 N–H and O–H groups in total. The van der Waals surface area contributed by atoms with Crippen LogP contribution in [0.5, 0.6) is 0 Å². The van der Waals surface area contributed by atoms with Gasteiger partial charge < -0.3 is 4.90 Å². The first kappa shape index (κ1) is 14.4. The molecule has 0 spiro atoms. The minimum atomic E-state index is 0.167. The second kappa shape index (κ2) is 5.77. The molecule has 23 heavy (non-hydrogen) atoms. The normalized spacial score (nSPS) is 16.1. The maximum Gasteiger partial charge on any atom is 0.263 e. The Morgan fingerprint density at radius 1 is 1.17 bits per heavy atom. The largest absolute Gasteiger partial charge is 0.338 e. The van der Waals surface area contributed by atoms with Gasteiger partial charge >= 0.3 is 0 Å². The van der Waals surface area contributed by atoms with Crippen molar-refractivity contribution in [2.45, 2.75) is 25.7 Å². The lowest BCUT2D eigenvalue weighted by Gasteiger charge is -2.32. The van der Waals surface area contributed by atoms with E-state index >= 15 is 0 Å². The van der Waals surface area contributed by atoms with Crippen molar-refractivity contribution in [3.05, 3.63) is 52.1 Å². The van der Waals surface area contributed by atoms with Crippen LogP contribution in [-0.4, -0.2) is 38.5 Å². The first-order valence-electron chi connectivity index (χ1n) is 7.87. The zero-order valence-corrected chi connectivity index (χ0v) is 13.8. The summed E-state index contributed by atoms with van der Waals surface area (Å²) in [5.74, 6) is 0.593. The number of aryl methyl sites for hydroxylation is 1. The Labute approximate surface area is 138 Å². The molecule has 118 valence electrons. The molecule has 3 aromatic rings. The third-order valence-electron chi connectivity index (χ3n) is 4.47. The Morgan fingerprint density at radius 2 is 2.00 bits per heavy atom. The average Bonchev–Trinajstić information content (AvgIpc) is 3.22. The molecule has 6 heteroatoms. The number of fused-ring (bicyclic) bond motifs is 1. The molecular formula is C17H18N4OS. The third-order valence-corrected chi connectivity index (χ3v) is 5.46. The lowest BCUT2D eigenvalue weighted by molar-refractivity contribution is 0.0716. The summed E-state index contributed by atoms with van der Waals surface area (Å²) in [6.07, 6.45) is 5.56. The second-order valence-electron chi connectivity index (χ2n) is 5.95. The first-order valence-corrected chi connectivity index (χ1v) is 8.68. The second-order valence-corrected chi connectivity index (χ2v) is 7.24. The number of hydrogen-bond donors (Lipinski definition) is 0. The summed E-state index contributed by atoms with van der Waals surface area (Å²) in [6.45, 7) is 3.63. The molecule has 1 aliphatic rings. The van der Waals surface area contributed by atoms with Crippen LogP contribution in [0.3, 0.4) is 0 Å². The fraction of sp³-hybridized carbons (Fsp3) is 0.353. The molecule has 0 bridgehead atoms. The van der Waals surface area contributed by atoms with Crippen molar-refractivity contribution in [2.75, 3.05) is 13.1 Å². The van der Waals surface area contributed by atoms with Crippen LogP contribution in [0.25, 0.3) is 5.65 Å². The Morgan fingerprint density at radius 3 is 2.74 bits per heavy atom. The van der Waals surface area contributed by atoms with Crippen LogP contribution in [0.15, 0.2) is 36.7 Å². The standard InChI is InChI=1S/C17H18N4OS/c1-12-2-3-15(23-12)17(22)20-10-6-13(7-11-20)14-4-8-18-16-5-9-19-21(14)16/h2-5,8-9,13H,6-7,10-11H2,1H3. The fourth-order valence-electron chi connectivity index (χ4n) is 3.25. The van der Waals surface area contributed by atoms with Gasteiger partial charge in [0.25, 0.3) is 5.91 Å². The van der Waals surface area contributed by atoms with Gasteiger partial charge in [-0.1, -0.05) is 0 Å². The summed E-state index contributed by atoms with van der Waals surface area (Å²) in [5, 5.41) is 4.37. The summed E-state index contributed by atoms with van der Waals surface area (Å²) in [7, 11) is 0. The number of aromatic nitrogens is 3. The number of amides is 1. The Balaban J connectivity index is 1.49. The summed E-state index contributed by atoms with van der Waals surface area (Å²) in [4.78, 5) is 20.9. The predicted molar refractivity (Wildman–Crippen MR) is 89.9 cm³/mol. The zero-order valence-electron chi connectivity index (χ0n) is 13.0. The molecule has 0 atom stereocenters. The van der Waals surface area contributed by atoms with Crippen molar-refractivity contribution in [1.82, 2.24) is 19.5 Å². The molecule has 1 saturated heterocycles. The minimum Gasteiger partial charge on any atom is -0.338 e. The highest BCUT2D eigenvalue weighted by Crippen LogP contribution is 2.29. The zero-order chi connectivity index (χ0) is 15.8. The molecule has 1 amide bonds. The van der Waals surface area contributed by atoms with Crippen LogP contribution in [0.1, 0.15) is 39.0 Å². The lowest BCUT2D eigenvalue weighted by atomic mass is 9.93. The Kier molecular flexibility index (Phi) is 3.61. The number of rotatable bonds is 2. The van der Waals surface area contributed by atoms with E-state index in [1.807, 2.05) is 46.8 Å². The third kappa shape index (κ3) is 2.63. The molecule has 1 aliphatic heterocycles. The van der Waals surface area contributed by atoms with Crippen molar-refractivity contribution in [3.63, 3.8) is 0 Å². The van der Waals surface area contributed by atoms with Gasteiger partial charge in [0.2, 0.25) is 0 Å². The molecule has 3 aromatic heterocycles. The SMILES string of the molecule is Cc1ccc(C(=O)N2CCC(c3ccnc4ccnn34)CC2)s1. The van der Waals surface area contributed by atoms with E-state index in [1.54, 1.807) is 17.5 Å². The van der Waals surface area contributed by atoms with E-state index in [1.165, 1.54) is 10.6 Å². The first-order chi connectivity index (χ1) is 11.2. The van der Waals surface area contributed by atoms with Gasteiger partial charge in [-0.3, -0.25) is 4.79 Å². The lowest BCUT2D eigenvalue weighted by Crippen LogP contribution is -2.37. The summed E-state index contributed by atoms with van der Waals surface area (Å²) in [5.41, 5.74) is 2.08. The summed E-state index contributed by atoms with van der Waals surface area (Å²) >= 11 is 1.58. The van der Waals surface area contributed by atoms with Crippen LogP contribution in [0.4, 0.5) is 0 Å². The van der Waals surface area contributed by atoms with Gasteiger partial charge in [-0.2, -0.15) is 5.10 Å². The highest BCUT2D eigenvalue weighted by molar-refractivity contribution is 7.13.